The standard InChI is InChI=1S/C17H22ClNO4/c1-17(2,3)23-16(21)19-10-8-14(9-11-19)22-15(20)12-4-6-13(18)7-5-12/h4-7,14H,8-11H2,1-3H3. The molecule has 1 fully saturated rings. The predicted molar refractivity (Wildman–Crippen MR) is 87.7 cm³/mol. The van der Waals surface area contributed by atoms with Gasteiger partial charge >= 0.3 is 12.1 Å². The molecule has 1 aliphatic heterocycles. The molecule has 1 amide bonds. The Hall–Kier alpha value is -1.75. The molecule has 1 aliphatic rings. The molecule has 0 atom stereocenters. The van der Waals surface area contributed by atoms with Crippen molar-refractivity contribution in [3.63, 3.8) is 0 Å². The number of halogens is 1. The Morgan fingerprint density at radius 2 is 1.70 bits per heavy atom. The molecule has 0 unspecified atom stereocenters. The maximum absolute atomic E-state index is 12.1. The zero-order valence-electron chi connectivity index (χ0n) is 13.7. The Kier molecular flexibility index (Phi) is 5.52. The van der Waals surface area contributed by atoms with Gasteiger partial charge in [0.05, 0.1) is 5.56 Å². The van der Waals surface area contributed by atoms with Gasteiger partial charge in [0.25, 0.3) is 0 Å². The van der Waals surface area contributed by atoms with Gasteiger partial charge in [-0.15, -0.1) is 0 Å². The smallest absolute Gasteiger partial charge is 0.410 e. The van der Waals surface area contributed by atoms with E-state index in [2.05, 4.69) is 0 Å². The predicted octanol–water partition coefficient (Wildman–Crippen LogP) is 3.90. The Morgan fingerprint density at radius 1 is 1.13 bits per heavy atom. The molecule has 1 heterocycles. The van der Waals surface area contributed by atoms with Crippen LogP contribution in [0.4, 0.5) is 4.79 Å². The number of likely N-dealkylation sites (tertiary alicyclic amines) is 1. The number of ether oxygens (including phenoxy) is 2. The van der Waals surface area contributed by atoms with Gasteiger partial charge in [-0.05, 0) is 45.0 Å². The molecule has 6 heteroatoms. The minimum atomic E-state index is -0.505. The lowest BCUT2D eigenvalue weighted by molar-refractivity contribution is -0.00339. The van der Waals surface area contributed by atoms with Crippen LogP contribution in [0.3, 0.4) is 0 Å². The number of hydrogen-bond donors (Lipinski definition) is 0. The fourth-order valence-corrected chi connectivity index (χ4v) is 2.41. The number of benzene rings is 1. The molecule has 23 heavy (non-hydrogen) atoms. The van der Waals surface area contributed by atoms with Crippen molar-refractivity contribution in [3.05, 3.63) is 34.9 Å². The number of carbonyl (C=O) groups is 2. The lowest BCUT2D eigenvalue weighted by atomic mass is 10.1. The molecular formula is C17H22ClNO4. The first kappa shape index (κ1) is 17.6. The number of amides is 1. The van der Waals surface area contributed by atoms with Crippen LogP contribution in [-0.4, -0.2) is 41.8 Å². The van der Waals surface area contributed by atoms with E-state index in [4.69, 9.17) is 21.1 Å². The van der Waals surface area contributed by atoms with Crippen LogP contribution in [0.1, 0.15) is 44.0 Å². The molecule has 0 N–H and O–H groups in total. The molecular weight excluding hydrogens is 318 g/mol. The Bertz CT molecular complexity index is 557. The average Bonchev–Trinajstić information content (AvgIpc) is 2.46. The maximum Gasteiger partial charge on any atom is 0.410 e. The lowest BCUT2D eigenvalue weighted by Crippen LogP contribution is -2.43. The molecule has 0 radical (unpaired) electrons. The van der Waals surface area contributed by atoms with E-state index in [0.717, 1.165) is 0 Å². The third kappa shape index (κ3) is 5.43. The summed E-state index contributed by atoms with van der Waals surface area (Å²) in [7, 11) is 0. The number of piperidine rings is 1. The van der Waals surface area contributed by atoms with Gasteiger partial charge in [-0.2, -0.15) is 0 Å². The minimum Gasteiger partial charge on any atom is -0.459 e. The zero-order chi connectivity index (χ0) is 17.0. The molecule has 2 rings (SSSR count). The normalized spacial score (nSPS) is 16.1. The largest absolute Gasteiger partial charge is 0.459 e. The number of nitrogens with zero attached hydrogens (tertiary/aromatic N) is 1. The van der Waals surface area contributed by atoms with E-state index in [0.29, 0.717) is 36.5 Å². The fraction of sp³-hybridized carbons (Fsp3) is 0.529. The molecule has 126 valence electrons. The Morgan fingerprint density at radius 3 is 2.22 bits per heavy atom. The SMILES string of the molecule is CC(C)(C)OC(=O)N1CCC(OC(=O)c2ccc(Cl)cc2)CC1. The van der Waals surface area contributed by atoms with Crippen molar-refractivity contribution in [1.82, 2.24) is 4.90 Å². The van der Waals surface area contributed by atoms with Crippen molar-refractivity contribution in [2.45, 2.75) is 45.3 Å². The van der Waals surface area contributed by atoms with Crippen LogP contribution >= 0.6 is 11.6 Å². The fourth-order valence-electron chi connectivity index (χ4n) is 2.29. The molecule has 1 aromatic rings. The first-order valence-corrected chi connectivity index (χ1v) is 8.07. The van der Waals surface area contributed by atoms with E-state index >= 15 is 0 Å². The van der Waals surface area contributed by atoms with Crippen LogP contribution in [0.25, 0.3) is 0 Å². The quantitative estimate of drug-likeness (QED) is 0.767. The average molecular weight is 340 g/mol. The Labute approximate surface area is 141 Å². The van der Waals surface area contributed by atoms with Gasteiger partial charge in [0.2, 0.25) is 0 Å². The summed E-state index contributed by atoms with van der Waals surface area (Å²) >= 11 is 5.80. The van der Waals surface area contributed by atoms with Gasteiger partial charge in [0, 0.05) is 31.0 Å². The molecule has 0 aliphatic carbocycles. The van der Waals surface area contributed by atoms with Gasteiger partial charge in [0.15, 0.2) is 0 Å². The zero-order valence-corrected chi connectivity index (χ0v) is 14.4. The highest BCUT2D eigenvalue weighted by molar-refractivity contribution is 6.30. The molecule has 5 nitrogen and oxygen atoms in total. The lowest BCUT2D eigenvalue weighted by Gasteiger charge is -2.33. The third-order valence-electron chi connectivity index (χ3n) is 3.45. The van der Waals surface area contributed by atoms with E-state index in [1.165, 1.54) is 0 Å². The third-order valence-corrected chi connectivity index (χ3v) is 3.70. The molecule has 0 aromatic heterocycles. The van der Waals surface area contributed by atoms with Gasteiger partial charge < -0.3 is 14.4 Å². The van der Waals surface area contributed by atoms with Crippen molar-refractivity contribution in [1.29, 1.82) is 0 Å². The molecule has 0 spiro atoms. The van der Waals surface area contributed by atoms with Gasteiger partial charge in [-0.25, -0.2) is 9.59 Å². The first-order valence-electron chi connectivity index (χ1n) is 7.69. The summed E-state index contributed by atoms with van der Waals surface area (Å²) in [6.45, 7) is 6.56. The summed E-state index contributed by atoms with van der Waals surface area (Å²) in [5.74, 6) is -0.364. The van der Waals surface area contributed by atoms with Crippen molar-refractivity contribution in [3.8, 4) is 0 Å². The number of rotatable bonds is 2. The summed E-state index contributed by atoms with van der Waals surface area (Å²) in [6, 6.07) is 6.59. The van der Waals surface area contributed by atoms with Gasteiger partial charge in [-0.1, -0.05) is 11.6 Å². The van der Waals surface area contributed by atoms with Crippen molar-refractivity contribution < 1.29 is 19.1 Å². The number of esters is 1. The first-order chi connectivity index (χ1) is 10.7. The van der Waals surface area contributed by atoms with E-state index in [1.807, 2.05) is 20.8 Å². The molecule has 0 bridgehead atoms. The van der Waals surface area contributed by atoms with Crippen LogP contribution in [-0.2, 0) is 9.47 Å². The summed E-state index contributed by atoms with van der Waals surface area (Å²) in [6.07, 6.45) is 0.716. The highest BCUT2D eigenvalue weighted by atomic mass is 35.5. The van der Waals surface area contributed by atoms with Crippen molar-refractivity contribution >= 4 is 23.7 Å². The van der Waals surface area contributed by atoms with Crippen molar-refractivity contribution in [2.24, 2.45) is 0 Å². The van der Waals surface area contributed by atoms with E-state index in [-0.39, 0.29) is 18.2 Å². The van der Waals surface area contributed by atoms with Gasteiger partial charge in [-0.3, -0.25) is 0 Å². The second-order valence-electron chi connectivity index (χ2n) is 6.58. The topological polar surface area (TPSA) is 55.8 Å². The van der Waals surface area contributed by atoms with E-state index in [1.54, 1.807) is 29.2 Å². The molecule has 0 saturated carbocycles. The highest BCUT2D eigenvalue weighted by Crippen LogP contribution is 2.19. The Balaban J connectivity index is 1.81. The minimum absolute atomic E-state index is 0.183. The monoisotopic (exact) mass is 339 g/mol. The second-order valence-corrected chi connectivity index (χ2v) is 7.02. The highest BCUT2D eigenvalue weighted by Gasteiger charge is 2.28. The van der Waals surface area contributed by atoms with Crippen LogP contribution in [0.5, 0.6) is 0 Å². The summed E-state index contributed by atoms with van der Waals surface area (Å²) in [5, 5.41) is 0.576. The molecule has 1 saturated heterocycles. The number of carbonyl (C=O) groups excluding carboxylic acids is 2. The van der Waals surface area contributed by atoms with Crippen LogP contribution < -0.4 is 0 Å². The summed E-state index contributed by atoms with van der Waals surface area (Å²) in [4.78, 5) is 25.7. The van der Waals surface area contributed by atoms with Crippen molar-refractivity contribution in [2.75, 3.05) is 13.1 Å². The summed E-state index contributed by atoms with van der Waals surface area (Å²) < 4.78 is 10.8. The molecule has 1 aromatic carbocycles. The van der Waals surface area contributed by atoms with Gasteiger partial charge in [0.1, 0.15) is 11.7 Å². The van der Waals surface area contributed by atoms with Crippen LogP contribution in [0.15, 0.2) is 24.3 Å². The maximum atomic E-state index is 12.1. The van der Waals surface area contributed by atoms with Crippen LogP contribution in [0.2, 0.25) is 5.02 Å². The van der Waals surface area contributed by atoms with Crippen LogP contribution in [0, 0.1) is 0 Å². The number of hydrogen-bond acceptors (Lipinski definition) is 4. The van der Waals surface area contributed by atoms with E-state index in [9.17, 15) is 9.59 Å². The second kappa shape index (κ2) is 7.21. The van der Waals surface area contributed by atoms with E-state index < -0.39 is 5.60 Å². The summed E-state index contributed by atoms with van der Waals surface area (Å²) in [5.41, 5.74) is -0.0291.